The van der Waals surface area contributed by atoms with E-state index in [1.54, 1.807) is 30.3 Å². The number of para-hydroxylation sites is 1. The van der Waals surface area contributed by atoms with Crippen LogP contribution in [0.4, 0.5) is 11.4 Å². The Bertz CT molecular complexity index is 1100. The predicted molar refractivity (Wildman–Crippen MR) is 118 cm³/mol. The summed E-state index contributed by atoms with van der Waals surface area (Å²) < 4.78 is 0. The van der Waals surface area contributed by atoms with Crippen LogP contribution in [0.3, 0.4) is 0 Å². The van der Waals surface area contributed by atoms with Crippen LogP contribution >= 0.6 is 11.8 Å². The predicted octanol–water partition coefficient (Wildman–Crippen LogP) is 4.68. The number of aryl methyl sites for hydroxylation is 1. The lowest BCUT2D eigenvalue weighted by molar-refractivity contribution is -0.113. The zero-order chi connectivity index (χ0) is 21.5. The molecular weight excluding hydrogens is 400 g/mol. The molecule has 6 nitrogen and oxygen atoms in total. The highest BCUT2D eigenvalue weighted by molar-refractivity contribution is 8.00. The number of carboxylic acids is 1. The molecule has 0 spiro atoms. The average Bonchev–Trinajstić information content (AvgIpc) is 2.74. The van der Waals surface area contributed by atoms with Gasteiger partial charge in [-0.05, 0) is 48.9 Å². The largest absolute Gasteiger partial charge is 0.478 e. The number of rotatable bonds is 7. The number of carbonyl (C=O) groups is 3. The summed E-state index contributed by atoms with van der Waals surface area (Å²) in [6, 6.07) is 20.6. The number of nitrogens with one attached hydrogen (secondary N) is 2. The Labute approximate surface area is 178 Å². The van der Waals surface area contributed by atoms with E-state index in [4.69, 9.17) is 0 Å². The number of anilines is 2. The van der Waals surface area contributed by atoms with Gasteiger partial charge in [0.25, 0.3) is 5.91 Å². The molecule has 0 heterocycles. The van der Waals surface area contributed by atoms with Crippen molar-refractivity contribution in [1.29, 1.82) is 0 Å². The Hall–Kier alpha value is -3.58. The summed E-state index contributed by atoms with van der Waals surface area (Å²) in [5.74, 6) is -1.58. The summed E-state index contributed by atoms with van der Waals surface area (Å²) in [4.78, 5) is 36.9. The van der Waals surface area contributed by atoms with Crippen LogP contribution in [0.25, 0.3) is 0 Å². The van der Waals surface area contributed by atoms with E-state index in [1.807, 2.05) is 37.3 Å². The second-order valence-electron chi connectivity index (χ2n) is 6.48. The fraction of sp³-hybridized carbons (Fsp3) is 0.0870. The van der Waals surface area contributed by atoms with Gasteiger partial charge in [0.05, 0.1) is 16.9 Å². The lowest BCUT2D eigenvalue weighted by Crippen LogP contribution is -2.16. The van der Waals surface area contributed by atoms with Crippen LogP contribution in [0.15, 0.2) is 77.7 Å². The molecule has 3 rings (SSSR count). The smallest absolute Gasteiger partial charge is 0.336 e. The van der Waals surface area contributed by atoms with Crippen molar-refractivity contribution in [2.75, 3.05) is 16.4 Å². The third kappa shape index (κ3) is 5.48. The molecule has 0 atom stereocenters. The Morgan fingerprint density at radius 1 is 0.867 bits per heavy atom. The monoisotopic (exact) mass is 420 g/mol. The van der Waals surface area contributed by atoms with Crippen molar-refractivity contribution in [3.63, 3.8) is 0 Å². The second-order valence-corrected chi connectivity index (χ2v) is 7.53. The molecule has 3 N–H and O–H groups in total. The standard InChI is InChI=1S/C23H20N2O4S/c1-15-7-2-5-12-20(15)25-21(26)14-30-17-9-6-8-16(13-17)24-22(27)18-10-3-4-11-19(18)23(28)29/h2-13H,14H2,1H3,(H,24,27)(H,25,26)(H,28,29). The average molecular weight is 420 g/mol. The SMILES string of the molecule is Cc1ccccc1NC(=O)CSc1cccc(NC(=O)c2ccccc2C(=O)O)c1. The second kappa shape index (κ2) is 9.76. The highest BCUT2D eigenvalue weighted by atomic mass is 32.2. The third-order valence-corrected chi connectivity index (χ3v) is 5.28. The first-order valence-corrected chi connectivity index (χ1v) is 10.1. The highest BCUT2D eigenvalue weighted by Crippen LogP contribution is 2.23. The van der Waals surface area contributed by atoms with Gasteiger partial charge in [0.2, 0.25) is 5.91 Å². The van der Waals surface area contributed by atoms with Gasteiger partial charge in [-0.3, -0.25) is 9.59 Å². The van der Waals surface area contributed by atoms with Crippen LogP contribution in [-0.2, 0) is 4.79 Å². The fourth-order valence-electron chi connectivity index (χ4n) is 2.78. The molecule has 0 aliphatic rings. The molecular formula is C23H20N2O4S. The molecule has 0 saturated carbocycles. The van der Waals surface area contributed by atoms with Gasteiger partial charge in [-0.25, -0.2) is 4.79 Å². The minimum Gasteiger partial charge on any atom is -0.478 e. The molecule has 0 aromatic heterocycles. The number of carboxylic acid groups (broad SMARTS) is 1. The van der Waals surface area contributed by atoms with Crippen LogP contribution in [0.5, 0.6) is 0 Å². The molecule has 30 heavy (non-hydrogen) atoms. The maximum Gasteiger partial charge on any atom is 0.336 e. The molecule has 152 valence electrons. The van der Waals surface area contributed by atoms with Gasteiger partial charge in [0.15, 0.2) is 0 Å². The van der Waals surface area contributed by atoms with Crippen LogP contribution in [0.2, 0.25) is 0 Å². The summed E-state index contributed by atoms with van der Waals surface area (Å²) >= 11 is 1.34. The first-order valence-electron chi connectivity index (χ1n) is 9.16. The molecule has 3 aromatic carbocycles. The Morgan fingerprint density at radius 3 is 2.30 bits per heavy atom. The topological polar surface area (TPSA) is 95.5 Å². The van der Waals surface area contributed by atoms with E-state index in [1.165, 1.54) is 23.9 Å². The Balaban J connectivity index is 1.62. The van der Waals surface area contributed by atoms with Crippen molar-refractivity contribution in [1.82, 2.24) is 0 Å². The molecule has 7 heteroatoms. The van der Waals surface area contributed by atoms with Crippen LogP contribution < -0.4 is 10.6 Å². The van der Waals surface area contributed by atoms with Gasteiger partial charge in [0, 0.05) is 16.3 Å². The molecule has 0 unspecified atom stereocenters. The van der Waals surface area contributed by atoms with Crippen molar-refractivity contribution < 1.29 is 19.5 Å². The van der Waals surface area contributed by atoms with E-state index in [0.717, 1.165) is 16.1 Å². The normalized spacial score (nSPS) is 10.3. The maximum atomic E-state index is 12.5. The number of amides is 2. The Kier molecular flexibility index (Phi) is 6.87. The van der Waals surface area contributed by atoms with Gasteiger partial charge in [-0.2, -0.15) is 0 Å². The zero-order valence-electron chi connectivity index (χ0n) is 16.2. The number of benzene rings is 3. The van der Waals surface area contributed by atoms with E-state index in [2.05, 4.69) is 10.6 Å². The van der Waals surface area contributed by atoms with Crippen molar-refractivity contribution in [2.24, 2.45) is 0 Å². The van der Waals surface area contributed by atoms with E-state index in [9.17, 15) is 19.5 Å². The third-order valence-electron chi connectivity index (χ3n) is 4.28. The molecule has 0 aliphatic carbocycles. The molecule has 0 bridgehead atoms. The van der Waals surface area contributed by atoms with Crippen molar-refractivity contribution in [3.05, 3.63) is 89.5 Å². The lowest BCUT2D eigenvalue weighted by Gasteiger charge is -2.10. The van der Waals surface area contributed by atoms with Gasteiger partial charge < -0.3 is 15.7 Å². The number of aromatic carboxylic acids is 1. The van der Waals surface area contributed by atoms with Crippen LogP contribution in [0, 0.1) is 6.92 Å². The summed E-state index contributed by atoms with van der Waals surface area (Å²) in [5, 5.41) is 14.8. The molecule has 3 aromatic rings. The van der Waals surface area contributed by atoms with Gasteiger partial charge in [-0.1, -0.05) is 36.4 Å². The molecule has 0 saturated heterocycles. The van der Waals surface area contributed by atoms with Crippen molar-refractivity contribution >= 4 is 40.9 Å². The van der Waals surface area contributed by atoms with Crippen LogP contribution in [0.1, 0.15) is 26.3 Å². The molecule has 2 amide bonds. The van der Waals surface area contributed by atoms with Gasteiger partial charge in [0.1, 0.15) is 0 Å². The lowest BCUT2D eigenvalue weighted by atomic mass is 10.1. The number of carbonyl (C=O) groups excluding carboxylic acids is 2. The maximum absolute atomic E-state index is 12.5. The summed E-state index contributed by atoms with van der Waals surface area (Å²) in [6.07, 6.45) is 0. The number of thioether (sulfide) groups is 1. The molecule has 0 radical (unpaired) electrons. The van der Waals surface area contributed by atoms with Crippen molar-refractivity contribution in [2.45, 2.75) is 11.8 Å². The molecule has 0 fully saturated rings. The Morgan fingerprint density at radius 2 is 1.57 bits per heavy atom. The summed E-state index contributed by atoms with van der Waals surface area (Å²) in [7, 11) is 0. The fourth-order valence-corrected chi connectivity index (χ4v) is 3.53. The van der Waals surface area contributed by atoms with Gasteiger partial charge >= 0.3 is 5.97 Å². The van der Waals surface area contributed by atoms with Crippen LogP contribution in [-0.4, -0.2) is 28.6 Å². The summed E-state index contributed by atoms with van der Waals surface area (Å²) in [5.41, 5.74) is 2.31. The zero-order valence-corrected chi connectivity index (χ0v) is 17.0. The first kappa shape index (κ1) is 21.1. The van der Waals surface area contributed by atoms with Gasteiger partial charge in [-0.15, -0.1) is 11.8 Å². The summed E-state index contributed by atoms with van der Waals surface area (Å²) in [6.45, 7) is 1.93. The number of hydrogen-bond donors (Lipinski definition) is 3. The van der Waals surface area contributed by atoms with Crippen molar-refractivity contribution in [3.8, 4) is 0 Å². The highest BCUT2D eigenvalue weighted by Gasteiger charge is 2.16. The quantitative estimate of drug-likeness (QED) is 0.483. The van der Waals surface area contributed by atoms with E-state index in [-0.39, 0.29) is 22.8 Å². The van der Waals surface area contributed by atoms with E-state index in [0.29, 0.717) is 5.69 Å². The number of hydrogen-bond acceptors (Lipinski definition) is 4. The molecule has 0 aliphatic heterocycles. The minimum absolute atomic E-state index is 0.0617. The minimum atomic E-state index is -1.16. The first-order chi connectivity index (χ1) is 14.4. The van der Waals surface area contributed by atoms with E-state index < -0.39 is 11.9 Å². The van der Waals surface area contributed by atoms with E-state index >= 15 is 0 Å².